The molecule has 1 heterocycles. The van der Waals surface area contributed by atoms with Crippen molar-refractivity contribution < 1.29 is 9.47 Å². The van der Waals surface area contributed by atoms with Gasteiger partial charge in [-0.05, 0) is 51.0 Å². The molecule has 4 heteroatoms. The van der Waals surface area contributed by atoms with Gasteiger partial charge in [0, 0.05) is 32.7 Å². The number of nitrogens with one attached hydrogen (secondary N) is 1. The highest BCUT2D eigenvalue weighted by atomic mass is 16.5. The fraction of sp³-hybridized carbons (Fsp3) is 0.700. The number of rotatable bonds is 10. The number of hydrogen-bond donors (Lipinski definition) is 1. The van der Waals surface area contributed by atoms with Crippen LogP contribution in [0, 0.1) is 0 Å². The summed E-state index contributed by atoms with van der Waals surface area (Å²) < 4.78 is 11.9. The number of nitrogens with zero attached hydrogens (tertiary/aromatic N) is 1. The van der Waals surface area contributed by atoms with Crippen molar-refractivity contribution in [3.8, 4) is 11.5 Å². The monoisotopic (exact) mass is 334 g/mol. The van der Waals surface area contributed by atoms with Crippen LogP contribution in [0.1, 0.15) is 46.5 Å². The summed E-state index contributed by atoms with van der Waals surface area (Å²) >= 11 is 0. The van der Waals surface area contributed by atoms with Gasteiger partial charge in [-0.15, -0.1) is 0 Å². The van der Waals surface area contributed by atoms with Crippen LogP contribution in [0.4, 0.5) is 0 Å². The molecule has 0 amide bonds. The fourth-order valence-corrected chi connectivity index (χ4v) is 2.88. The molecule has 0 atom stereocenters. The van der Waals surface area contributed by atoms with Gasteiger partial charge in [-0.3, -0.25) is 0 Å². The standard InChI is InChI=1S/C20H34N2O2/c1-4-5-6-17-23-18-7-9-19(10-8-18)24-20(2,3)11-14-22-15-12-21-13-16-22/h7-10,21H,4-6,11-17H2,1-3H3. The number of benzene rings is 1. The van der Waals surface area contributed by atoms with Crippen LogP contribution in [-0.2, 0) is 0 Å². The summed E-state index contributed by atoms with van der Waals surface area (Å²) in [4.78, 5) is 2.51. The Morgan fingerprint density at radius 2 is 1.71 bits per heavy atom. The van der Waals surface area contributed by atoms with Crippen molar-refractivity contribution in [3.63, 3.8) is 0 Å². The van der Waals surface area contributed by atoms with Crippen molar-refractivity contribution in [3.05, 3.63) is 24.3 Å². The highest BCUT2D eigenvalue weighted by Crippen LogP contribution is 2.24. The van der Waals surface area contributed by atoms with Gasteiger partial charge in [-0.2, -0.15) is 0 Å². The Bertz CT molecular complexity index is 453. The van der Waals surface area contributed by atoms with E-state index in [1.807, 2.05) is 24.3 Å². The smallest absolute Gasteiger partial charge is 0.120 e. The fourth-order valence-electron chi connectivity index (χ4n) is 2.88. The van der Waals surface area contributed by atoms with Crippen molar-refractivity contribution in [1.29, 1.82) is 0 Å². The lowest BCUT2D eigenvalue weighted by Crippen LogP contribution is -2.45. The van der Waals surface area contributed by atoms with Gasteiger partial charge in [-0.1, -0.05) is 19.8 Å². The van der Waals surface area contributed by atoms with Crippen LogP contribution < -0.4 is 14.8 Å². The summed E-state index contributed by atoms with van der Waals surface area (Å²) in [5.41, 5.74) is -0.158. The lowest BCUT2D eigenvalue weighted by Gasteiger charge is -2.32. The lowest BCUT2D eigenvalue weighted by molar-refractivity contribution is 0.0808. The van der Waals surface area contributed by atoms with Crippen LogP contribution in [0.5, 0.6) is 11.5 Å². The van der Waals surface area contributed by atoms with Crippen molar-refractivity contribution in [2.24, 2.45) is 0 Å². The molecule has 1 aromatic rings. The predicted molar refractivity (Wildman–Crippen MR) is 100 cm³/mol. The van der Waals surface area contributed by atoms with E-state index in [-0.39, 0.29) is 5.60 Å². The molecule has 1 N–H and O–H groups in total. The molecule has 24 heavy (non-hydrogen) atoms. The van der Waals surface area contributed by atoms with E-state index in [1.54, 1.807) is 0 Å². The highest BCUT2D eigenvalue weighted by Gasteiger charge is 2.22. The van der Waals surface area contributed by atoms with Crippen LogP contribution in [-0.4, -0.2) is 49.8 Å². The maximum Gasteiger partial charge on any atom is 0.120 e. The summed E-state index contributed by atoms with van der Waals surface area (Å²) in [5.74, 6) is 1.85. The summed E-state index contributed by atoms with van der Waals surface area (Å²) in [6, 6.07) is 8.05. The molecule has 1 aliphatic rings. The second kappa shape index (κ2) is 9.90. The van der Waals surface area contributed by atoms with Crippen LogP contribution >= 0.6 is 0 Å². The Labute approximate surface area is 147 Å². The Morgan fingerprint density at radius 3 is 2.38 bits per heavy atom. The van der Waals surface area contributed by atoms with Crippen LogP contribution in [0.15, 0.2) is 24.3 Å². The van der Waals surface area contributed by atoms with E-state index in [1.165, 1.54) is 12.8 Å². The van der Waals surface area contributed by atoms with Gasteiger partial charge in [0.25, 0.3) is 0 Å². The zero-order chi connectivity index (χ0) is 17.3. The Kier molecular flexibility index (Phi) is 7.86. The van der Waals surface area contributed by atoms with Gasteiger partial charge in [0.15, 0.2) is 0 Å². The third-order valence-corrected chi connectivity index (χ3v) is 4.47. The van der Waals surface area contributed by atoms with Gasteiger partial charge in [-0.25, -0.2) is 0 Å². The Balaban J connectivity index is 1.74. The van der Waals surface area contributed by atoms with Crippen molar-refractivity contribution >= 4 is 0 Å². The Morgan fingerprint density at radius 1 is 1.04 bits per heavy atom. The average Bonchev–Trinajstić information content (AvgIpc) is 2.59. The number of ether oxygens (including phenoxy) is 2. The number of hydrogen-bond acceptors (Lipinski definition) is 4. The zero-order valence-corrected chi connectivity index (χ0v) is 15.6. The van der Waals surface area contributed by atoms with E-state index < -0.39 is 0 Å². The van der Waals surface area contributed by atoms with E-state index in [4.69, 9.17) is 9.47 Å². The minimum Gasteiger partial charge on any atom is -0.494 e. The van der Waals surface area contributed by atoms with E-state index in [0.717, 1.165) is 63.7 Å². The molecule has 136 valence electrons. The predicted octanol–water partition coefficient (Wildman–Crippen LogP) is 3.71. The van der Waals surface area contributed by atoms with Gasteiger partial charge in [0.2, 0.25) is 0 Å². The van der Waals surface area contributed by atoms with E-state index in [2.05, 4.69) is 31.0 Å². The molecular formula is C20H34N2O2. The molecule has 2 rings (SSSR count). The third-order valence-electron chi connectivity index (χ3n) is 4.47. The molecule has 0 spiro atoms. The molecule has 0 radical (unpaired) electrons. The van der Waals surface area contributed by atoms with Gasteiger partial charge < -0.3 is 19.7 Å². The van der Waals surface area contributed by atoms with Crippen LogP contribution in [0.2, 0.25) is 0 Å². The number of piperazine rings is 1. The quantitative estimate of drug-likeness (QED) is 0.662. The first-order chi connectivity index (χ1) is 11.6. The molecule has 0 aliphatic carbocycles. The third kappa shape index (κ3) is 7.10. The van der Waals surface area contributed by atoms with E-state index >= 15 is 0 Å². The number of unbranched alkanes of at least 4 members (excludes halogenated alkanes) is 2. The minimum atomic E-state index is -0.158. The van der Waals surface area contributed by atoms with Gasteiger partial charge >= 0.3 is 0 Å². The maximum absolute atomic E-state index is 6.19. The van der Waals surface area contributed by atoms with Crippen LogP contribution in [0.25, 0.3) is 0 Å². The van der Waals surface area contributed by atoms with Crippen molar-refractivity contribution in [1.82, 2.24) is 10.2 Å². The summed E-state index contributed by atoms with van der Waals surface area (Å²) in [6.07, 6.45) is 4.59. The first kappa shape index (κ1) is 19.1. The molecule has 1 aliphatic heterocycles. The van der Waals surface area contributed by atoms with Crippen molar-refractivity contribution in [2.75, 3.05) is 39.3 Å². The molecule has 4 nitrogen and oxygen atoms in total. The van der Waals surface area contributed by atoms with Gasteiger partial charge in [0.1, 0.15) is 17.1 Å². The SMILES string of the molecule is CCCCCOc1ccc(OC(C)(C)CCN2CCNCC2)cc1. The minimum absolute atomic E-state index is 0.158. The normalized spacial score (nSPS) is 16.1. The molecule has 0 aromatic heterocycles. The molecule has 1 aromatic carbocycles. The van der Waals surface area contributed by atoms with E-state index in [0.29, 0.717) is 0 Å². The lowest BCUT2D eigenvalue weighted by atomic mass is 10.0. The first-order valence-electron chi connectivity index (χ1n) is 9.44. The molecule has 0 unspecified atom stereocenters. The second-order valence-corrected chi connectivity index (χ2v) is 7.23. The largest absolute Gasteiger partial charge is 0.494 e. The highest BCUT2D eigenvalue weighted by molar-refractivity contribution is 5.31. The maximum atomic E-state index is 6.19. The van der Waals surface area contributed by atoms with Crippen molar-refractivity contribution in [2.45, 2.75) is 52.1 Å². The molecular weight excluding hydrogens is 300 g/mol. The molecule has 0 saturated carbocycles. The second-order valence-electron chi connectivity index (χ2n) is 7.23. The average molecular weight is 335 g/mol. The Hall–Kier alpha value is -1.26. The first-order valence-corrected chi connectivity index (χ1v) is 9.44. The van der Waals surface area contributed by atoms with E-state index in [9.17, 15) is 0 Å². The van der Waals surface area contributed by atoms with Crippen LogP contribution in [0.3, 0.4) is 0 Å². The molecule has 1 fully saturated rings. The summed E-state index contributed by atoms with van der Waals surface area (Å²) in [7, 11) is 0. The topological polar surface area (TPSA) is 33.7 Å². The summed E-state index contributed by atoms with van der Waals surface area (Å²) in [6.45, 7) is 12.9. The molecule has 1 saturated heterocycles. The summed E-state index contributed by atoms with van der Waals surface area (Å²) in [5, 5.41) is 3.39. The molecule has 0 bridgehead atoms. The zero-order valence-electron chi connectivity index (χ0n) is 15.6. The van der Waals surface area contributed by atoms with Gasteiger partial charge in [0.05, 0.1) is 6.61 Å².